The lowest BCUT2D eigenvalue weighted by atomic mass is 9.84. The summed E-state index contributed by atoms with van der Waals surface area (Å²) in [5, 5.41) is 4.04. The number of nitrogens with zero attached hydrogens (tertiary/aromatic N) is 1. The molecule has 0 spiro atoms. The monoisotopic (exact) mass is 281 g/mol. The lowest BCUT2D eigenvalue weighted by Crippen LogP contribution is -2.44. The van der Waals surface area contributed by atoms with Crippen molar-refractivity contribution in [3.05, 3.63) is 16.1 Å². The summed E-state index contributed by atoms with van der Waals surface area (Å²) < 4.78 is 0. The van der Waals surface area contributed by atoms with Crippen LogP contribution in [0.4, 0.5) is 0 Å². The van der Waals surface area contributed by atoms with Crippen molar-refractivity contribution >= 4 is 17.2 Å². The van der Waals surface area contributed by atoms with E-state index < -0.39 is 0 Å². The Kier molecular flexibility index (Phi) is 4.93. The number of hydrogen-bond donors (Lipinski definition) is 2. The molecule has 1 aliphatic rings. The van der Waals surface area contributed by atoms with Crippen LogP contribution >= 0.6 is 11.3 Å². The Morgan fingerprint density at radius 3 is 2.95 bits per heavy atom. The van der Waals surface area contributed by atoms with Crippen LogP contribution in [0.5, 0.6) is 0 Å². The first-order valence-corrected chi connectivity index (χ1v) is 7.94. The van der Waals surface area contributed by atoms with Gasteiger partial charge in [0.2, 0.25) is 5.91 Å². The highest BCUT2D eigenvalue weighted by atomic mass is 32.1. The molecule has 1 amide bonds. The highest BCUT2D eigenvalue weighted by molar-refractivity contribution is 7.11. The number of nitrogens with one attached hydrogen (secondary N) is 1. The largest absolute Gasteiger partial charge is 0.347 e. The van der Waals surface area contributed by atoms with Gasteiger partial charge in [-0.15, -0.1) is 11.3 Å². The van der Waals surface area contributed by atoms with Crippen LogP contribution in [-0.2, 0) is 11.2 Å². The maximum atomic E-state index is 12.3. The maximum absolute atomic E-state index is 12.3. The van der Waals surface area contributed by atoms with Gasteiger partial charge in [-0.25, -0.2) is 4.98 Å². The number of carbonyl (C=O) groups excluding carboxylic acids is 1. The van der Waals surface area contributed by atoms with Crippen molar-refractivity contribution in [3.8, 4) is 0 Å². The lowest BCUT2D eigenvalue weighted by molar-refractivity contribution is -0.127. The van der Waals surface area contributed by atoms with Crippen LogP contribution in [0.15, 0.2) is 6.20 Å². The summed E-state index contributed by atoms with van der Waals surface area (Å²) >= 11 is 1.67. The van der Waals surface area contributed by atoms with Crippen LogP contribution < -0.4 is 11.1 Å². The summed E-state index contributed by atoms with van der Waals surface area (Å²) in [5.74, 6) is 0.0646. The lowest BCUT2D eigenvalue weighted by Gasteiger charge is -2.28. The second-order valence-corrected chi connectivity index (χ2v) is 6.45. The summed E-state index contributed by atoms with van der Waals surface area (Å²) in [7, 11) is 0. The molecule has 106 valence electrons. The number of aromatic nitrogens is 1. The van der Waals surface area contributed by atoms with Gasteiger partial charge in [0.15, 0.2) is 0 Å². The molecule has 0 aliphatic heterocycles. The van der Waals surface area contributed by atoms with Crippen molar-refractivity contribution in [3.63, 3.8) is 0 Å². The zero-order chi connectivity index (χ0) is 13.8. The number of amides is 1. The Hall–Kier alpha value is -0.940. The van der Waals surface area contributed by atoms with E-state index in [-0.39, 0.29) is 23.9 Å². The first-order chi connectivity index (χ1) is 9.11. The van der Waals surface area contributed by atoms with Gasteiger partial charge in [0.1, 0.15) is 5.01 Å². The van der Waals surface area contributed by atoms with E-state index in [1.807, 2.05) is 13.1 Å². The van der Waals surface area contributed by atoms with Crippen LogP contribution in [0.2, 0.25) is 0 Å². The maximum Gasteiger partial charge on any atom is 0.225 e. The number of aryl methyl sites for hydroxylation is 1. The van der Waals surface area contributed by atoms with Crippen LogP contribution in [0, 0.1) is 5.92 Å². The number of hydrogen-bond acceptors (Lipinski definition) is 4. The molecule has 3 N–H and O–H groups in total. The topological polar surface area (TPSA) is 68.0 Å². The third-order valence-corrected chi connectivity index (χ3v) is 5.13. The highest BCUT2D eigenvalue weighted by Crippen LogP contribution is 2.25. The SMILES string of the molecule is CCc1cnc(C(C)NC(=O)C2CCCCC2N)s1. The van der Waals surface area contributed by atoms with E-state index >= 15 is 0 Å². The Morgan fingerprint density at radius 2 is 2.32 bits per heavy atom. The summed E-state index contributed by atoms with van der Waals surface area (Å²) in [5.41, 5.74) is 6.05. The first kappa shape index (κ1) is 14.5. The van der Waals surface area contributed by atoms with Gasteiger partial charge in [0.05, 0.1) is 12.0 Å². The van der Waals surface area contributed by atoms with Gasteiger partial charge in [0, 0.05) is 17.1 Å². The van der Waals surface area contributed by atoms with Crippen molar-refractivity contribution < 1.29 is 4.79 Å². The molecule has 0 radical (unpaired) electrons. The van der Waals surface area contributed by atoms with Crippen molar-refractivity contribution in [2.24, 2.45) is 11.7 Å². The second kappa shape index (κ2) is 6.48. The third-order valence-electron chi connectivity index (χ3n) is 3.81. The average Bonchev–Trinajstić information content (AvgIpc) is 2.88. The highest BCUT2D eigenvalue weighted by Gasteiger charge is 2.29. The van der Waals surface area contributed by atoms with Gasteiger partial charge in [0.25, 0.3) is 0 Å². The number of carbonyl (C=O) groups is 1. The number of nitrogens with two attached hydrogens (primary N) is 1. The second-order valence-electron chi connectivity index (χ2n) is 5.30. The van der Waals surface area contributed by atoms with E-state index in [4.69, 9.17) is 5.73 Å². The van der Waals surface area contributed by atoms with Gasteiger partial charge in [-0.2, -0.15) is 0 Å². The Morgan fingerprint density at radius 1 is 1.58 bits per heavy atom. The van der Waals surface area contributed by atoms with E-state index in [2.05, 4.69) is 17.2 Å². The molecule has 1 heterocycles. The van der Waals surface area contributed by atoms with Crippen molar-refractivity contribution in [1.29, 1.82) is 0 Å². The van der Waals surface area contributed by atoms with Crippen molar-refractivity contribution in [2.75, 3.05) is 0 Å². The molecule has 0 aromatic carbocycles. The molecule has 0 bridgehead atoms. The molecule has 4 nitrogen and oxygen atoms in total. The molecule has 1 aromatic heterocycles. The third kappa shape index (κ3) is 3.54. The van der Waals surface area contributed by atoms with Gasteiger partial charge in [-0.05, 0) is 26.2 Å². The van der Waals surface area contributed by atoms with E-state index in [0.717, 1.165) is 37.1 Å². The molecule has 1 fully saturated rings. The summed E-state index contributed by atoms with van der Waals surface area (Å²) in [4.78, 5) is 17.9. The molecular formula is C14H23N3OS. The van der Waals surface area contributed by atoms with Crippen LogP contribution in [0.3, 0.4) is 0 Å². The fourth-order valence-electron chi connectivity index (χ4n) is 2.55. The molecule has 1 saturated carbocycles. The standard InChI is InChI=1S/C14H23N3OS/c1-3-10-8-16-14(19-10)9(2)17-13(18)11-6-4-5-7-12(11)15/h8-9,11-12H,3-7,15H2,1-2H3,(H,17,18). The Bertz CT molecular complexity index is 432. The first-order valence-electron chi connectivity index (χ1n) is 7.12. The molecule has 0 saturated heterocycles. The minimum atomic E-state index is -0.0261. The van der Waals surface area contributed by atoms with Crippen LogP contribution in [-0.4, -0.2) is 16.9 Å². The summed E-state index contributed by atoms with van der Waals surface area (Å²) in [6.07, 6.45) is 7.02. The molecule has 1 aliphatic carbocycles. The Balaban J connectivity index is 1.94. The van der Waals surface area contributed by atoms with Crippen LogP contribution in [0.1, 0.15) is 55.5 Å². The number of rotatable bonds is 4. The van der Waals surface area contributed by atoms with Crippen LogP contribution in [0.25, 0.3) is 0 Å². The van der Waals surface area contributed by atoms with E-state index in [1.165, 1.54) is 4.88 Å². The molecule has 5 heteroatoms. The minimum Gasteiger partial charge on any atom is -0.347 e. The molecular weight excluding hydrogens is 258 g/mol. The predicted molar refractivity (Wildman–Crippen MR) is 78.0 cm³/mol. The van der Waals surface area contributed by atoms with Gasteiger partial charge in [-0.1, -0.05) is 19.8 Å². The summed E-state index contributed by atoms with van der Waals surface area (Å²) in [6, 6.07) is -0.00428. The van der Waals surface area contributed by atoms with Gasteiger partial charge < -0.3 is 11.1 Å². The van der Waals surface area contributed by atoms with Gasteiger partial charge >= 0.3 is 0 Å². The molecule has 3 unspecified atom stereocenters. The zero-order valence-electron chi connectivity index (χ0n) is 11.7. The summed E-state index contributed by atoms with van der Waals surface area (Å²) in [6.45, 7) is 4.10. The fraction of sp³-hybridized carbons (Fsp3) is 0.714. The molecule has 3 atom stereocenters. The molecule has 1 aromatic rings. The van der Waals surface area contributed by atoms with Gasteiger partial charge in [-0.3, -0.25) is 4.79 Å². The normalized spacial score (nSPS) is 25.0. The average molecular weight is 281 g/mol. The zero-order valence-corrected chi connectivity index (χ0v) is 12.5. The van der Waals surface area contributed by atoms with E-state index in [0.29, 0.717) is 0 Å². The van der Waals surface area contributed by atoms with E-state index in [1.54, 1.807) is 11.3 Å². The molecule has 19 heavy (non-hydrogen) atoms. The van der Waals surface area contributed by atoms with Crippen molar-refractivity contribution in [2.45, 2.75) is 58.0 Å². The van der Waals surface area contributed by atoms with E-state index in [9.17, 15) is 4.79 Å². The Labute approximate surface area is 118 Å². The minimum absolute atomic E-state index is 0.0171. The van der Waals surface area contributed by atoms with Crippen molar-refractivity contribution in [1.82, 2.24) is 10.3 Å². The smallest absolute Gasteiger partial charge is 0.225 e. The number of thiazole rings is 1. The fourth-order valence-corrected chi connectivity index (χ4v) is 3.41. The quantitative estimate of drug-likeness (QED) is 0.890. The molecule has 2 rings (SSSR count). The predicted octanol–water partition coefficient (Wildman–Crippen LogP) is 2.40.